The van der Waals surface area contributed by atoms with Crippen molar-refractivity contribution in [1.82, 2.24) is 5.32 Å². The van der Waals surface area contributed by atoms with E-state index >= 15 is 0 Å². The molecule has 1 heterocycles. The molecular weight excluding hydrogens is 138 g/mol. The quantitative estimate of drug-likeness (QED) is 0.598. The van der Waals surface area contributed by atoms with Crippen molar-refractivity contribution in [3.05, 3.63) is 12.2 Å². The van der Waals surface area contributed by atoms with Gasteiger partial charge in [0.25, 0.3) is 0 Å². The van der Waals surface area contributed by atoms with Crippen LogP contribution in [0.15, 0.2) is 12.2 Å². The van der Waals surface area contributed by atoms with Gasteiger partial charge in [0.05, 0.1) is 5.92 Å². The van der Waals surface area contributed by atoms with E-state index in [1.165, 1.54) is 0 Å². The third kappa shape index (κ3) is 1.62. The molecule has 2 atom stereocenters. The zero-order chi connectivity index (χ0) is 8.43. The number of hydrogen-bond donors (Lipinski definition) is 1. The zero-order valence-electron chi connectivity index (χ0n) is 7.18. The fourth-order valence-corrected chi connectivity index (χ4v) is 1.45. The number of carbonyl (C=O) groups excluding carboxylic acids is 1. The van der Waals surface area contributed by atoms with E-state index in [9.17, 15) is 4.79 Å². The van der Waals surface area contributed by atoms with E-state index in [0.29, 0.717) is 6.04 Å². The van der Waals surface area contributed by atoms with Gasteiger partial charge in [0.15, 0.2) is 0 Å². The Bertz CT molecular complexity index is 186. The minimum atomic E-state index is 0.0694. The van der Waals surface area contributed by atoms with Crippen molar-refractivity contribution in [1.29, 1.82) is 0 Å². The smallest absolute Gasteiger partial charge is 0.227 e. The van der Waals surface area contributed by atoms with E-state index in [-0.39, 0.29) is 11.8 Å². The lowest BCUT2D eigenvalue weighted by Crippen LogP contribution is -2.25. The molecule has 0 saturated carbocycles. The molecule has 0 spiro atoms. The summed E-state index contributed by atoms with van der Waals surface area (Å²) in [5, 5.41) is 2.94. The lowest BCUT2D eigenvalue weighted by Gasteiger charge is -2.04. The predicted molar refractivity (Wildman–Crippen MR) is 45.1 cm³/mol. The third-order valence-electron chi connectivity index (χ3n) is 2.27. The zero-order valence-corrected chi connectivity index (χ0v) is 7.18. The van der Waals surface area contributed by atoms with Gasteiger partial charge in [-0.2, -0.15) is 0 Å². The van der Waals surface area contributed by atoms with Gasteiger partial charge < -0.3 is 5.32 Å². The molecule has 0 aromatic rings. The van der Waals surface area contributed by atoms with Crippen LogP contribution in [-0.2, 0) is 4.79 Å². The Morgan fingerprint density at radius 1 is 1.82 bits per heavy atom. The van der Waals surface area contributed by atoms with Crippen LogP contribution >= 0.6 is 0 Å². The monoisotopic (exact) mass is 153 g/mol. The molecule has 1 aliphatic heterocycles. The third-order valence-corrected chi connectivity index (χ3v) is 2.27. The van der Waals surface area contributed by atoms with Crippen LogP contribution < -0.4 is 5.32 Å². The molecule has 2 nitrogen and oxygen atoms in total. The summed E-state index contributed by atoms with van der Waals surface area (Å²) in [6, 6.07) is 0.379. The molecular formula is C9H15NO. The van der Waals surface area contributed by atoms with Crippen molar-refractivity contribution >= 4 is 5.91 Å². The Kier molecular flexibility index (Phi) is 2.32. The molecule has 0 bridgehead atoms. The van der Waals surface area contributed by atoms with Gasteiger partial charge >= 0.3 is 0 Å². The van der Waals surface area contributed by atoms with Crippen molar-refractivity contribution in [2.24, 2.45) is 5.92 Å². The highest BCUT2D eigenvalue weighted by Gasteiger charge is 2.30. The van der Waals surface area contributed by atoms with Crippen molar-refractivity contribution in [3.63, 3.8) is 0 Å². The first kappa shape index (κ1) is 8.31. The van der Waals surface area contributed by atoms with E-state index in [1.54, 1.807) is 0 Å². The van der Waals surface area contributed by atoms with Crippen molar-refractivity contribution in [2.45, 2.75) is 32.7 Å². The van der Waals surface area contributed by atoms with Crippen molar-refractivity contribution in [2.75, 3.05) is 0 Å². The first-order valence-corrected chi connectivity index (χ1v) is 4.11. The van der Waals surface area contributed by atoms with Crippen LogP contribution in [-0.4, -0.2) is 11.9 Å². The van der Waals surface area contributed by atoms with Gasteiger partial charge in [-0.3, -0.25) is 4.79 Å². The van der Waals surface area contributed by atoms with Crippen LogP contribution in [0.2, 0.25) is 0 Å². The number of hydrogen-bond acceptors (Lipinski definition) is 1. The fraction of sp³-hybridized carbons (Fsp3) is 0.667. The number of carbonyl (C=O) groups is 1. The highest BCUT2D eigenvalue weighted by molar-refractivity contribution is 5.83. The fourth-order valence-electron chi connectivity index (χ4n) is 1.45. The normalized spacial score (nSPS) is 30.2. The molecule has 0 radical (unpaired) electrons. The molecule has 0 aromatic heterocycles. The van der Waals surface area contributed by atoms with Gasteiger partial charge in [-0.05, 0) is 19.8 Å². The summed E-state index contributed by atoms with van der Waals surface area (Å²) in [5.74, 6) is 0.226. The number of amides is 1. The molecule has 1 unspecified atom stereocenters. The maximum Gasteiger partial charge on any atom is 0.227 e. The van der Waals surface area contributed by atoms with Crippen LogP contribution in [0.4, 0.5) is 0 Å². The Morgan fingerprint density at radius 3 is 2.73 bits per heavy atom. The second-order valence-corrected chi connectivity index (χ2v) is 3.25. The molecule has 1 saturated heterocycles. The number of rotatable bonds is 2. The van der Waals surface area contributed by atoms with Crippen molar-refractivity contribution in [3.8, 4) is 0 Å². The average Bonchev–Trinajstić information content (AvgIpc) is 2.30. The second-order valence-electron chi connectivity index (χ2n) is 3.25. The van der Waals surface area contributed by atoms with Gasteiger partial charge in [-0.25, -0.2) is 0 Å². The highest BCUT2D eigenvalue weighted by atomic mass is 16.2. The van der Waals surface area contributed by atoms with E-state index in [4.69, 9.17) is 0 Å². The Morgan fingerprint density at radius 2 is 2.45 bits per heavy atom. The van der Waals surface area contributed by atoms with Crippen LogP contribution in [0.1, 0.15) is 26.7 Å². The minimum Gasteiger partial charge on any atom is -0.353 e. The van der Waals surface area contributed by atoms with E-state index in [0.717, 1.165) is 18.4 Å². The molecule has 0 aromatic carbocycles. The topological polar surface area (TPSA) is 29.1 Å². The molecule has 1 N–H and O–H groups in total. The van der Waals surface area contributed by atoms with Gasteiger partial charge in [-0.1, -0.05) is 19.1 Å². The first-order valence-electron chi connectivity index (χ1n) is 4.11. The lowest BCUT2D eigenvalue weighted by molar-refractivity contribution is -0.121. The largest absolute Gasteiger partial charge is 0.353 e. The van der Waals surface area contributed by atoms with E-state index < -0.39 is 0 Å². The molecule has 2 heteroatoms. The molecule has 1 aliphatic rings. The van der Waals surface area contributed by atoms with Crippen LogP contribution in [0, 0.1) is 5.92 Å². The summed E-state index contributed by atoms with van der Waals surface area (Å²) in [6.07, 6.45) is 1.96. The SMILES string of the molecule is C=C(C)C1C[C@H](CC)NC1=O. The van der Waals surface area contributed by atoms with Gasteiger partial charge in [-0.15, -0.1) is 0 Å². The second kappa shape index (κ2) is 3.07. The Balaban J connectivity index is 2.59. The first-order chi connectivity index (χ1) is 5.15. The summed E-state index contributed by atoms with van der Waals surface area (Å²) in [7, 11) is 0. The summed E-state index contributed by atoms with van der Waals surface area (Å²) in [5.41, 5.74) is 0.985. The van der Waals surface area contributed by atoms with Gasteiger partial charge in [0, 0.05) is 6.04 Å². The number of nitrogens with one attached hydrogen (secondary N) is 1. The Labute approximate surface area is 67.7 Å². The molecule has 0 aliphatic carbocycles. The summed E-state index contributed by atoms with van der Waals surface area (Å²) >= 11 is 0. The van der Waals surface area contributed by atoms with Crippen molar-refractivity contribution < 1.29 is 4.79 Å². The summed E-state index contributed by atoms with van der Waals surface area (Å²) in [6.45, 7) is 7.80. The lowest BCUT2D eigenvalue weighted by atomic mass is 9.97. The van der Waals surface area contributed by atoms with Crippen LogP contribution in [0.5, 0.6) is 0 Å². The highest BCUT2D eigenvalue weighted by Crippen LogP contribution is 2.22. The molecule has 1 rings (SSSR count). The van der Waals surface area contributed by atoms with Gasteiger partial charge in [0.2, 0.25) is 5.91 Å². The van der Waals surface area contributed by atoms with Crippen LogP contribution in [0.25, 0.3) is 0 Å². The molecule has 11 heavy (non-hydrogen) atoms. The molecule has 1 fully saturated rings. The standard InChI is InChI=1S/C9H15NO/c1-4-7-5-8(6(2)3)9(11)10-7/h7-8H,2,4-5H2,1,3H3,(H,10,11)/t7-,8?/m0/s1. The predicted octanol–water partition coefficient (Wildman–Crippen LogP) is 1.48. The average molecular weight is 153 g/mol. The minimum absolute atomic E-state index is 0.0694. The van der Waals surface area contributed by atoms with E-state index in [2.05, 4.69) is 18.8 Å². The summed E-state index contributed by atoms with van der Waals surface area (Å²) < 4.78 is 0. The Hall–Kier alpha value is -0.790. The van der Waals surface area contributed by atoms with E-state index in [1.807, 2.05) is 6.92 Å². The maximum absolute atomic E-state index is 11.2. The maximum atomic E-state index is 11.2. The van der Waals surface area contributed by atoms with Crippen LogP contribution in [0.3, 0.4) is 0 Å². The molecule has 1 amide bonds. The summed E-state index contributed by atoms with van der Waals surface area (Å²) in [4.78, 5) is 11.2. The van der Waals surface area contributed by atoms with Gasteiger partial charge in [0.1, 0.15) is 0 Å². The molecule has 62 valence electrons.